The summed E-state index contributed by atoms with van der Waals surface area (Å²) in [5, 5.41) is 12.8. The Hall–Kier alpha value is -2.34. The van der Waals surface area contributed by atoms with E-state index in [0.29, 0.717) is 6.61 Å². The van der Waals surface area contributed by atoms with E-state index in [4.69, 9.17) is 9.88 Å². The molecule has 0 atom stereocenters. The van der Waals surface area contributed by atoms with Crippen LogP contribution >= 0.6 is 0 Å². The van der Waals surface area contributed by atoms with Crippen molar-refractivity contribution < 1.29 is 9.88 Å². The monoisotopic (exact) mass is 298 g/mol. The van der Waals surface area contributed by atoms with Crippen molar-refractivity contribution in [3.63, 3.8) is 0 Å². The van der Waals surface area contributed by atoms with Crippen molar-refractivity contribution >= 4 is 10.9 Å². The van der Waals surface area contributed by atoms with Crippen LogP contribution in [0.25, 0.3) is 22.2 Å². The average molecular weight is 298 g/mol. The summed E-state index contributed by atoms with van der Waals surface area (Å²) in [5.41, 5.74) is 4.18. The van der Waals surface area contributed by atoms with E-state index in [0.717, 1.165) is 41.4 Å². The minimum Gasteiger partial charge on any atom is -0.277 e. The number of nitrogens with zero attached hydrogens (tertiary/aromatic N) is 3. The highest BCUT2D eigenvalue weighted by molar-refractivity contribution is 5.92. The maximum atomic E-state index is 5.18. The quantitative estimate of drug-likeness (QED) is 0.648. The number of benzene rings is 1. The van der Waals surface area contributed by atoms with Gasteiger partial charge in [-0.1, -0.05) is 23.8 Å². The molecule has 4 bridgehead atoms. The summed E-state index contributed by atoms with van der Waals surface area (Å²) in [6, 6.07) is 6.50. The van der Waals surface area contributed by atoms with Crippen LogP contribution in [0, 0.1) is 0 Å². The van der Waals surface area contributed by atoms with Gasteiger partial charge in [0.05, 0.1) is 24.5 Å². The molecule has 4 rings (SSSR count). The van der Waals surface area contributed by atoms with E-state index < -0.39 is 0 Å². The molecule has 0 saturated heterocycles. The maximum absolute atomic E-state index is 5.18. The molecule has 0 amide bonds. The molecule has 0 aliphatic carbocycles. The Bertz CT molecular complexity index is 777. The van der Waals surface area contributed by atoms with Crippen LogP contribution in [0.4, 0.5) is 0 Å². The van der Waals surface area contributed by atoms with E-state index in [1.54, 1.807) is 12.4 Å². The summed E-state index contributed by atoms with van der Waals surface area (Å²) in [5.74, 6) is 0. The zero-order chi connectivity index (χ0) is 14.8. The molecular formula is C16H18N4O2. The highest BCUT2D eigenvalue weighted by Gasteiger charge is 2.12. The number of H-pyrrole nitrogens is 1. The number of hydrogen-bond acceptors (Lipinski definition) is 4. The molecule has 1 aliphatic heterocycles. The molecule has 1 aliphatic rings. The molecule has 1 aromatic carbocycles. The molecule has 0 radical (unpaired) electrons. The van der Waals surface area contributed by atoms with Gasteiger partial charge in [0.2, 0.25) is 0 Å². The van der Waals surface area contributed by atoms with Gasteiger partial charge in [-0.2, -0.15) is 9.99 Å². The largest absolute Gasteiger partial charge is 0.277 e. The zero-order valence-electron chi connectivity index (χ0n) is 12.3. The predicted octanol–water partition coefficient (Wildman–Crippen LogP) is 2.90. The number of hydrogen-bond donors (Lipinski definition) is 1. The topological polar surface area (TPSA) is 65.0 Å². The third-order valence-electron chi connectivity index (χ3n) is 4.03. The van der Waals surface area contributed by atoms with E-state index in [9.17, 15) is 0 Å². The van der Waals surface area contributed by atoms with E-state index in [1.165, 1.54) is 23.3 Å². The molecule has 114 valence electrons. The second kappa shape index (κ2) is 5.81. The molecule has 2 aromatic heterocycles. The Balaban J connectivity index is 1.75. The summed E-state index contributed by atoms with van der Waals surface area (Å²) < 4.78 is 0. The maximum Gasteiger partial charge on any atom is 0.103 e. The molecular weight excluding hydrogens is 280 g/mol. The third kappa shape index (κ3) is 2.57. The van der Waals surface area contributed by atoms with Crippen molar-refractivity contribution in [1.29, 1.82) is 0 Å². The summed E-state index contributed by atoms with van der Waals surface area (Å²) in [4.78, 5) is 11.7. The minimum atomic E-state index is 0.579. The van der Waals surface area contributed by atoms with Gasteiger partial charge in [-0.25, -0.2) is 4.99 Å². The van der Waals surface area contributed by atoms with Gasteiger partial charge in [0.15, 0.2) is 0 Å². The van der Waals surface area contributed by atoms with Gasteiger partial charge < -0.3 is 0 Å². The summed E-state index contributed by atoms with van der Waals surface area (Å²) in [6.45, 7) is 0.579. The summed E-state index contributed by atoms with van der Waals surface area (Å²) in [7, 11) is 0. The normalized spacial score (nSPS) is 16.2. The standard InChI is InChI=1S/C16H18N4O2/c1-2-4-8-21-22-20-11-13(10-17-20)16-14-9-12(5-3-1)6-7-15(14)18-19-16/h6-7,9-11H,1-5,8H2,(H,18,19). The lowest BCUT2D eigenvalue weighted by Gasteiger charge is -2.04. The van der Waals surface area contributed by atoms with Crippen molar-refractivity contribution in [2.45, 2.75) is 32.1 Å². The van der Waals surface area contributed by atoms with Crippen molar-refractivity contribution in [1.82, 2.24) is 20.1 Å². The van der Waals surface area contributed by atoms with Crippen LogP contribution in [0.15, 0.2) is 30.6 Å². The van der Waals surface area contributed by atoms with Crippen LogP contribution in [-0.4, -0.2) is 26.7 Å². The Morgan fingerprint density at radius 2 is 2.09 bits per heavy atom. The van der Waals surface area contributed by atoms with E-state index in [2.05, 4.69) is 33.5 Å². The van der Waals surface area contributed by atoms with Gasteiger partial charge in [-0.05, 0) is 37.0 Å². The van der Waals surface area contributed by atoms with Crippen molar-refractivity contribution in [2.75, 3.05) is 6.61 Å². The predicted molar refractivity (Wildman–Crippen MR) is 82.0 cm³/mol. The second-order valence-electron chi connectivity index (χ2n) is 5.64. The summed E-state index contributed by atoms with van der Waals surface area (Å²) in [6.07, 6.45) is 9.14. The molecule has 22 heavy (non-hydrogen) atoms. The van der Waals surface area contributed by atoms with Crippen LogP contribution in [0.1, 0.15) is 31.2 Å². The Kier molecular flexibility index (Phi) is 3.52. The van der Waals surface area contributed by atoms with E-state index in [-0.39, 0.29) is 0 Å². The number of aromatic amines is 1. The first-order valence-corrected chi connectivity index (χ1v) is 7.72. The number of nitrogens with one attached hydrogen (secondary N) is 1. The molecule has 6 nitrogen and oxygen atoms in total. The Morgan fingerprint density at radius 1 is 1.14 bits per heavy atom. The van der Waals surface area contributed by atoms with Gasteiger partial charge in [-0.3, -0.25) is 5.10 Å². The van der Waals surface area contributed by atoms with E-state index >= 15 is 0 Å². The molecule has 0 spiro atoms. The third-order valence-corrected chi connectivity index (χ3v) is 4.03. The van der Waals surface area contributed by atoms with Crippen LogP contribution in [0.2, 0.25) is 0 Å². The first-order valence-electron chi connectivity index (χ1n) is 7.72. The number of aryl methyl sites for hydroxylation is 1. The van der Waals surface area contributed by atoms with Gasteiger partial charge in [0.25, 0.3) is 0 Å². The van der Waals surface area contributed by atoms with Crippen LogP contribution in [-0.2, 0) is 11.3 Å². The Labute approximate surface area is 127 Å². The van der Waals surface area contributed by atoms with E-state index in [1.807, 2.05) is 0 Å². The molecule has 0 fully saturated rings. The van der Waals surface area contributed by atoms with Gasteiger partial charge in [0, 0.05) is 10.9 Å². The minimum absolute atomic E-state index is 0.579. The lowest BCUT2D eigenvalue weighted by Crippen LogP contribution is -2.13. The first kappa shape index (κ1) is 13.3. The summed E-state index contributed by atoms with van der Waals surface area (Å²) >= 11 is 0. The lowest BCUT2D eigenvalue weighted by atomic mass is 10.0. The van der Waals surface area contributed by atoms with Gasteiger partial charge in [0.1, 0.15) is 5.69 Å². The van der Waals surface area contributed by atoms with Crippen LogP contribution in [0.5, 0.6) is 0 Å². The molecule has 3 heterocycles. The fourth-order valence-corrected chi connectivity index (χ4v) is 2.84. The number of aromatic nitrogens is 4. The van der Waals surface area contributed by atoms with Crippen molar-refractivity contribution in [3.8, 4) is 11.3 Å². The number of fused-ring (bicyclic) bond motifs is 4. The number of rotatable bonds is 0. The van der Waals surface area contributed by atoms with Crippen molar-refractivity contribution in [3.05, 3.63) is 36.2 Å². The van der Waals surface area contributed by atoms with Crippen LogP contribution in [0.3, 0.4) is 0 Å². The Morgan fingerprint density at radius 3 is 3.09 bits per heavy atom. The highest BCUT2D eigenvalue weighted by atomic mass is 17.3. The molecule has 1 N–H and O–H groups in total. The van der Waals surface area contributed by atoms with Crippen molar-refractivity contribution in [2.24, 2.45) is 0 Å². The first-order chi connectivity index (χ1) is 10.9. The molecule has 0 unspecified atom stereocenters. The fourth-order valence-electron chi connectivity index (χ4n) is 2.84. The fraction of sp³-hybridized carbons (Fsp3) is 0.375. The molecule has 3 aromatic rings. The molecule has 6 heteroatoms. The lowest BCUT2D eigenvalue weighted by molar-refractivity contribution is -0.302. The SMILES string of the molecule is c1cc2[nH]nc3c2cc1CCCCCCOOn1cc-3cn1. The molecule has 0 saturated carbocycles. The zero-order valence-corrected chi connectivity index (χ0v) is 12.3. The van der Waals surface area contributed by atoms with Gasteiger partial charge >= 0.3 is 0 Å². The van der Waals surface area contributed by atoms with Crippen LogP contribution < -0.4 is 4.99 Å². The second-order valence-corrected chi connectivity index (χ2v) is 5.64. The smallest absolute Gasteiger partial charge is 0.103 e. The average Bonchev–Trinajstić information content (AvgIpc) is 3.15. The van der Waals surface area contributed by atoms with Gasteiger partial charge in [-0.15, -0.1) is 5.10 Å². The highest BCUT2D eigenvalue weighted by Crippen LogP contribution is 2.27.